The molecule has 1 N–H and O–H groups in total. The Labute approximate surface area is 231 Å². The predicted octanol–water partition coefficient (Wildman–Crippen LogP) is 1.80. The van der Waals surface area contributed by atoms with Gasteiger partial charge in [-0.05, 0) is 48.7 Å². The zero-order chi connectivity index (χ0) is 27.2. The number of ether oxygens (including phenoxy) is 2. The van der Waals surface area contributed by atoms with E-state index >= 15 is 0 Å². The molecule has 206 valence electrons. The lowest BCUT2D eigenvalue weighted by molar-refractivity contribution is -0.136. The average Bonchev–Trinajstić information content (AvgIpc) is 3.63. The van der Waals surface area contributed by atoms with Crippen LogP contribution >= 0.6 is 0 Å². The van der Waals surface area contributed by atoms with Crippen molar-refractivity contribution < 1.29 is 23.9 Å². The Balaban J connectivity index is 0.952. The summed E-state index contributed by atoms with van der Waals surface area (Å²) in [4.78, 5) is 45.2. The van der Waals surface area contributed by atoms with E-state index in [1.54, 1.807) is 11.0 Å². The van der Waals surface area contributed by atoms with E-state index in [1.807, 2.05) is 35.3 Å². The number of piperidine rings is 1. The van der Waals surface area contributed by atoms with Gasteiger partial charge >= 0.3 is 0 Å². The van der Waals surface area contributed by atoms with Crippen LogP contribution in [0.2, 0.25) is 0 Å². The number of carbonyl (C=O) groups excluding carboxylic acids is 3. The number of nitrogens with zero attached hydrogens (tertiary/aromatic N) is 5. The van der Waals surface area contributed by atoms with Crippen molar-refractivity contribution in [1.82, 2.24) is 29.9 Å². The van der Waals surface area contributed by atoms with Crippen LogP contribution in [0.4, 0.5) is 0 Å². The van der Waals surface area contributed by atoms with E-state index in [-0.39, 0.29) is 24.3 Å². The molecular weight excluding hydrogens is 512 g/mol. The summed E-state index contributed by atoms with van der Waals surface area (Å²) in [6.07, 6.45) is 7.35. The molecule has 2 atom stereocenters. The van der Waals surface area contributed by atoms with Crippen LogP contribution in [-0.2, 0) is 27.4 Å². The lowest BCUT2D eigenvalue weighted by atomic mass is 10.0. The molecule has 7 rings (SSSR count). The van der Waals surface area contributed by atoms with Crippen LogP contribution in [0.3, 0.4) is 0 Å². The van der Waals surface area contributed by atoms with E-state index in [1.165, 1.54) is 0 Å². The van der Waals surface area contributed by atoms with Crippen molar-refractivity contribution in [2.24, 2.45) is 0 Å². The van der Waals surface area contributed by atoms with Gasteiger partial charge < -0.3 is 14.4 Å². The number of fused-ring (bicyclic) bond motifs is 1. The number of likely N-dealkylation sites (tertiary alicyclic amines) is 1. The fraction of sp³-hybridized carbons (Fsp3) is 0.414. The average molecular weight is 543 g/mol. The van der Waals surface area contributed by atoms with E-state index in [0.29, 0.717) is 24.4 Å². The van der Waals surface area contributed by atoms with Crippen molar-refractivity contribution in [3.05, 3.63) is 71.3 Å². The van der Waals surface area contributed by atoms with Crippen molar-refractivity contribution in [2.75, 3.05) is 26.3 Å². The zero-order valence-electron chi connectivity index (χ0n) is 22.0. The summed E-state index contributed by atoms with van der Waals surface area (Å²) in [6, 6.07) is 8.95. The normalized spacial score (nSPS) is 23.3. The maximum atomic E-state index is 12.9. The summed E-state index contributed by atoms with van der Waals surface area (Å²) < 4.78 is 13.5. The number of aromatic nitrogens is 3. The van der Waals surface area contributed by atoms with Crippen molar-refractivity contribution in [3.63, 3.8) is 0 Å². The van der Waals surface area contributed by atoms with Crippen LogP contribution in [0.25, 0.3) is 5.69 Å². The predicted molar refractivity (Wildman–Crippen MR) is 142 cm³/mol. The topological polar surface area (TPSA) is 119 Å². The van der Waals surface area contributed by atoms with Gasteiger partial charge in [-0.3, -0.25) is 29.6 Å². The molecule has 0 bridgehead atoms. The van der Waals surface area contributed by atoms with Gasteiger partial charge in [0.15, 0.2) is 0 Å². The van der Waals surface area contributed by atoms with Crippen LogP contribution < -0.4 is 10.1 Å². The molecule has 11 nitrogen and oxygen atoms in total. The van der Waals surface area contributed by atoms with Gasteiger partial charge in [-0.15, -0.1) is 0 Å². The molecule has 1 aromatic carbocycles. The molecule has 0 spiro atoms. The summed E-state index contributed by atoms with van der Waals surface area (Å²) in [5.41, 5.74) is 4.61. The summed E-state index contributed by atoms with van der Waals surface area (Å²) in [7, 11) is 0. The molecule has 4 aliphatic heterocycles. The molecule has 3 saturated heterocycles. The lowest BCUT2D eigenvalue weighted by Gasteiger charge is -2.29. The second kappa shape index (κ2) is 10.1. The van der Waals surface area contributed by atoms with Crippen LogP contribution in [-0.4, -0.2) is 80.7 Å². The fourth-order valence-electron chi connectivity index (χ4n) is 5.90. The van der Waals surface area contributed by atoms with E-state index in [4.69, 9.17) is 9.47 Å². The minimum absolute atomic E-state index is 0.0453. The molecule has 2 aromatic heterocycles. The van der Waals surface area contributed by atoms with E-state index < -0.39 is 11.9 Å². The lowest BCUT2D eigenvalue weighted by Crippen LogP contribution is -2.52. The largest absolute Gasteiger partial charge is 0.489 e. The first-order chi connectivity index (χ1) is 19.5. The van der Waals surface area contributed by atoms with Crippen LogP contribution in [0, 0.1) is 0 Å². The highest BCUT2D eigenvalue weighted by Crippen LogP contribution is 2.31. The summed E-state index contributed by atoms with van der Waals surface area (Å²) >= 11 is 0. The highest BCUT2D eigenvalue weighted by molar-refractivity contribution is 6.05. The fourth-order valence-corrected chi connectivity index (χ4v) is 5.90. The summed E-state index contributed by atoms with van der Waals surface area (Å²) in [6.45, 7) is 4.29. The number of rotatable bonds is 7. The number of hydrogen-bond acceptors (Lipinski definition) is 8. The molecule has 3 fully saturated rings. The highest BCUT2D eigenvalue weighted by atomic mass is 16.5. The molecule has 40 heavy (non-hydrogen) atoms. The van der Waals surface area contributed by atoms with Crippen molar-refractivity contribution in [3.8, 4) is 11.4 Å². The quantitative estimate of drug-likeness (QED) is 0.449. The Kier molecular flexibility index (Phi) is 6.32. The highest BCUT2D eigenvalue weighted by Gasteiger charge is 2.39. The molecule has 0 radical (unpaired) electrons. The zero-order valence-corrected chi connectivity index (χ0v) is 22.0. The van der Waals surface area contributed by atoms with E-state index in [9.17, 15) is 14.4 Å². The molecule has 1 unspecified atom stereocenters. The van der Waals surface area contributed by atoms with E-state index in [0.717, 1.165) is 67.5 Å². The first kappa shape index (κ1) is 24.9. The number of benzene rings is 1. The standard InChI is InChI=1S/C29H30N6O5/c36-27-4-3-26(28(37)32-27)34-14-19-9-22(1-2-24(19)29(34)38)40-23-6-8-33(15-23)12-18-11-31-35(13-18)21-5-7-30-25(10-21)20-16-39-17-20/h1-2,5,7,9-11,13,20,23,26H,3-4,6,8,12,14-17H2,(H,32,36,37)/t23-,26?/m0/s1. The first-order valence-electron chi connectivity index (χ1n) is 13.7. The summed E-state index contributed by atoms with van der Waals surface area (Å²) in [5.74, 6) is 0.222. The molecule has 11 heteroatoms. The smallest absolute Gasteiger partial charge is 0.255 e. The van der Waals surface area contributed by atoms with Gasteiger partial charge in [-0.25, -0.2) is 4.68 Å². The second-order valence-corrected chi connectivity index (χ2v) is 10.9. The third kappa shape index (κ3) is 4.75. The van der Waals surface area contributed by atoms with Crippen LogP contribution in [0.1, 0.15) is 52.4 Å². The van der Waals surface area contributed by atoms with Gasteiger partial charge in [-0.2, -0.15) is 5.10 Å². The minimum atomic E-state index is -0.618. The van der Waals surface area contributed by atoms with Crippen molar-refractivity contribution >= 4 is 17.7 Å². The van der Waals surface area contributed by atoms with Crippen LogP contribution in [0.15, 0.2) is 48.9 Å². The van der Waals surface area contributed by atoms with Gasteiger partial charge in [-0.1, -0.05) is 0 Å². The van der Waals surface area contributed by atoms with Crippen molar-refractivity contribution in [2.45, 2.75) is 50.4 Å². The van der Waals surface area contributed by atoms with Gasteiger partial charge in [0.2, 0.25) is 11.8 Å². The molecule has 4 aliphatic rings. The Morgan fingerprint density at radius 2 is 2.00 bits per heavy atom. The summed E-state index contributed by atoms with van der Waals surface area (Å²) in [5, 5.41) is 6.92. The molecule has 6 heterocycles. The SMILES string of the molecule is O=C1CCC(N2Cc3cc(O[C@H]4CCN(Cc5cnn(-c6ccnc(C7COC7)c6)c5)C4)ccc3C2=O)C(=O)N1. The second-order valence-electron chi connectivity index (χ2n) is 10.9. The Hall–Kier alpha value is -4.09. The number of nitrogens with one attached hydrogen (secondary N) is 1. The molecule has 0 aliphatic carbocycles. The Morgan fingerprint density at radius 1 is 1.10 bits per heavy atom. The van der Waals surface area contributed by atoms with E-state index in [2.05, 4.69) is 32.6 Å². The Bertz CT molecular complexity index is 1480. The first-order valence-corrected chi connectivity index (χ1v) is 13.7. The number of imide groups is 1. The van der Waals surface area contributed by atoms with Gasteiger partial charge in [0.05, 0.1) is 30.8 Å². The number of hydrogen-bond donors (Lipinski definition) is 1. The van der Waals surface area contributed by atoms with Gasteiger partial charge in [0, 0.05) is 62.0 Å². The maximum absolute atomic E-state index is 12.9. The third-order valence-corrected chi connectivity index (χ3v) is 8.15. The third-order valence-electron chi connectivity index (χ3n) is 8.15. The Morgan fingerprint density at radius 3 is 2.83 bits per heavy atom. The molecule has 3 aromatic rings. The van der Waals surface area contributed by atoms with Crippen molar-refractivity contribution in [1.29, 1.82) is 0 Å². The number of pyridine rings is 1. The maximum Gasteiger partial charge on any atom is 0.255 e. The molecule has 3 amide bonds. The van der Waals surface area contributed by atoms with Crippen LogP contribution in [0.5, 0.6) is 5.75 Å². The molecule has 0 saturated carbocycles. The number of carbonyl (C=O) groups is 3. The monoisotopic (exact) mass is 542 g/mol. The minimum Gasteiger partial charge on any atom is -0.489 e. The van der Waals surface area contributed by atoms with Gasteiger partial charge in [0.25, 0.3) is 5.91 Å². The number of amides is 3. The molecular formula is C29H30N6O5. The van der Waals surface area contributed by atoms with Gasteiger partial charge in [0.1, 0.15) is 17.9 Å².